The third-order valence-corrected chi connectivity index (χ3v) is 4.70. The van der Waals surface area contributed by atoms with Gasteiger partial charge in [0, 0.05) is 18.0 Å². The van der Waals surface area contributed by atoms with Gasteiger partial charge >= 0.3 is 0 Å². The molecule has 0 fully saturated rings. The number of carbonyl (C=O) groups excluding carboxylic acids is 1. The Balaban J connectivity index is 0.00000264. The minimum absolute atomic E-state index is 0. The van der Waals surface area contributed by atoms with Gasteiger partial charge in [0.15, 0.2) is 0 Å². The van der Waals surface area contributed by atoms with E-state index in [1.807, 2.05) is 24.3 Å². The number of benzene rings is 1. The fourth-order valence-corrected chi connectivity index (χ4v) is 3.31. The molecule has 0 saturated heterocycles. The van der Waals surface area contributed by atoms with Gasteiger partial charge in [-0.1, -0.05) is 43.4 Å². The number of nitrogens with two attached hydrogens (primary N) is 1. The lowest BCUT2D eigenvalue weighted by Gasteiger charge is -2.06. The molecule has 0 unspecified atom stereocenters. The molecule has 7 heteroatoms. The van der Waals surface area contributed by atoms with Crippen LogP contribution < -0.4 is 11.1 Å². The molecule has 3 N–H and O–H groups in total. The zero-order chi connectivity index (χ0) is 15.9. The number of hydrogen-bond donors (Lipinski definition) is 2. The molecular weight excluding hydrogens is 332 g/mol. The third kappa shape index (κ3) is 5.48. The van der Waals surface area contributed by atoms with Crippen molar-refractivity contribution in [2.45, 2.75) is 45.4 Å². The highest BCUT2D eigenvalue weighted by atomic mass is 35.5. The Kier molecular flexibility index (Phi) is 7.98. The van der Waals surface area contributed by atoms with Gasteiger partial charge in [0.1, 0.15) is 5.01 Å². The molecule has 0 spiro atoms. The molecule has 126 valence electrons. The van der Waals surface area contributed by atoms with Crippen molar-refractivity contribution >= 4 is 40.5 Å². The summed E-state index contributed by atoms with van der Waals surface area (Å²) in [7, 11) is 0. The summed E-state index contributed by atoms with van der Waals surface area (Å²) in [6.45, 7) is 4.27. The first-order valence-electron chi connectivity index (χ1n) is 7.60. The molecule has 0 aliphatic rings. The smallest absolute Gasteiger partial charge is 0.226 e. The van der Waals surface area contributed by atoms with Crippen LogP contribution in [0.15, 0.2) is 24.3 Å². The summed E-state index contributed by atoms with van der Waals surface area (Å²) in [4.78, 5) is 12.0. The molecule has 0 saturated carbocycles. The SMILES string of the molecule is CCC(CC)c1nnc(NC(=O)CCc2ccccc2N)s1.Cl. The fourth-order valence-electron chi connectivity index (χ4n) is 2.28. The number of hydrogen-bond acceptors (Lipinski definition) is 5. The monoisotopic (exact) mass is 354 g/mol. The number of halogens is 1. The summed E-state index contributed by atoms with van der Waals surface area (Å²) in [5, 5.41) is 12.6. The van der Waals surface area contributed by atoms with Gasteiger partial charge in [0.25, 0.3) is 0 Å². The van der Waals surface area contributed by atoms with E-state index in [0.717, 1.165) is 29.1 Å². The Morgan fingerprint density at radius 1 is 1.26 bits per heavy atom. The van der Waals surface area contributed by atoms with E-state index in [1.165, 1.54) is 11.3 Å². The summed E-state index contributed by atoms with van der Waals surface area (Å²) in [6, 6.07) is 7.61. The van der Waals surface area contributed by atoms with Gasteiger partial charge in [-0.05, 0) is 30.9 Å². The zero-order valence-corrected chi connectivity index (χ0v) is 15.0. The number of nitrogens with zero attached hydrogens (tertiary/aromatic N) is 2. The highest BCUT2D eigenvalue weighted by Gasteiger charge is 2.14. The van der Waals surface area contributed by atoms with E-state index in [2.05, 4.69) is 29.4 Å². The van der Waals surface area contributed by atoms with Gasteiger partial charge in [-0.3, -0.25) is 4.79 Å². The van der Waals surface area contributed by atoms with Crippen molar-refractivity contribution in [2.24, 2.45) is 0 Å². The number of rotatable bonds is 7. The molecule has 23 heavy (non-hydrogen) atoms. The Morgan fingerprint density at radius 3 is 2.61 bits per heavy atom. The fraction of sp³-hybridized carbons (Fsp3) is 0.438. The molecule has 0 aliphatic heterocycles. The lowest BCUT2D eigenvalue weighted by atomic mass is 10.1. The Labute approximate surface area is 147 Å². The van der Waals surface area contributed by atoms with E-state index in [4.69, 9.17) is 5.73 Å². The van der Waals surface area contributed by atoms with Crippen LogP contribution in [0.1, 0.15) is 49.6 Å². The molecule has 0 atom stereocenters. The first-order chi connectivity index (χ1) is 10.6. The second-order valence-corrected chi connectivity index (χ2v) is 6.21. The largest absolute Gasteiger partial charge is 0.399 e. The second-order valence-electron chi connectivity index (χ2n) is 5.21. The molecular formula is C16H23ClN4OS. The van der Waals surface area contributed by atoms with Gasteiger partial charge < -0.3 is 11.1 Å². The number of nitrogens with one attached hydrogen (secondary N) is 1. The van der Waals surface area contributed by atoms with Crippen LogP contribution in [-0.2, 0) is 11.2 Å². The molecule has 1 aromatic heterocycles. The number of amides is 1. The van der Waals surface area contributed by atoms with Crippen LogP contribution >= 0.6 is 23.7 Å². The van der Waals surface area contributed by atoms with Gasteiger partial charge in [-0.2, -0.15) is 0 Å². The van der Waals surface area contributed by atoms with Gasteiger partial charge in [-0.25, -0.2) is 0 Å². The van der Waals surface area contributed by atoms with E-state index in [1.54, 1.807) is 0 Å². The molecule has 2 aromatic rings. The molecule has 0 bridgehead atoms. The number of para-hydroxylation sites is 1. The molecule has 1 aromatic carbocycles. The van der Waals surface area contributed by atoms with Crippen molar-refractivity contribution in [3.8, 4) is 0 Å². The van der Waals surface area contributed by atoms with Gasteiger partial charge in [0.2, 0.25) is 11.0 Å². The number of nitrogen functional groups attached to an aromatic ring is 1. The third-order valence-electron chi connectivity index (χ3n) is 3.70. The minimum Gasteiger partial charge on any atom is -0.399 e. The Bertz CT molecular complexity index is 628. The van der Waals surface area contributed by atoms with Crippen molar-refractivity contribution < 1.29 is 4.79 Å². The van der Waals surface area contributed by atoms with Crippen LogP contribution in [-0.4, -0.2) is 16.1 Å². The van der Waals surface area contributed by atoms with Crippen molar-refractivity contribution in [1.82, 2.24) is 10.2 Å². The average molecular weight is 355 g/mol. The quantitative estimate of drug-likeness (QED) is 0.736. The maximum absolute atomic E-state index is 12.0. The number of carbonyl (C=O) groups is 1. The summed E-state index contributed by atoms with van der Waals surface area (Å²) in [6.07, 6.45) is 3.07. The topological polar surface area (TPSA) is 80.9 Å². The van der Waals surface area contributed by atoms with Crippen molar-refractivity contribution in [3.05, 3.63) is 34.8 Å². The average Bonchev–Trinajstić information content (AvgIpc) is 2.96. The van der Waals surface area contributed by atoms with E-state index in [9.17, 15) is 4.79 Å². The highest BCUT2D eigenvalue weighted by molar-refractivity contribution is 7.15. The van der Waals surface area contributed by atoms with Gasteiger partial charge in [0.05, 0.1) is 0 Å². The van der Waals surface area contributed by atoms with Crippen molar-refractivity contribution in [3.63, 3.8) is 0 Å². The van der Waals surface area contributed by atoms with Crippen molar-refractivity contribution in [2.75, 3.05) is 11.1 Å². The number of anilines is 2. The lowest BCUT2D eigenvalue weighted by Crippen LogP contribution is -2.12. The predicted octanol–water partition coefficient (Wildman–Crippen LogP) is 4.02. The van der Waals surface area contributed by atoms with Crippen LogP contribution in [0.4, 0.5) is 10.8 Å². The zero-order valence-electron chi connectivity index (χ0n) is 13.4. The highest BCUT2D eigenvalue weighted by Crippen LogP contribution is 2.28. The van der Waals surface area contributed by atoms with Crippen molar-refractivity contribution in [1.29, 1.82) is 0 Å². The molecule has 2 rings (SSSR count). The molecule has 0 radical (unpaired) electrons. The van der Waals surface area contributed by atoms with E-state index in [-0.39, 0.29) is 18.3 Å². The summed E-state index contributed by atoms with van der Waals surface area (Å²) in [5.41, 5.74) is 7.59. The standard InChI is InChI=1S/C16H22N4OS.ClH/c1-3-11(4-2)15-19-20-16(22-15)18-14(21)10-9-12-7-5-6-8-13(12)17;/h5-8,11H,3-4,9-10,17H2,1-2H3,(H,18,20,21);1H. The summed E-state index contributed by atoms with van der Waals surface area (Å²) in [5.74, 6) is 0.364. The van der Waals surface area contributed by atoms with Crippen LogP contribution in [0.25, 0.3) is 0 Å². The van der Waals surface area contributed by atoms with Crippen LogP contribution in [0.2, 0.25) is 0 Å². The second kappa shape index (κ2) is 9.47. The van der Waals surface area contributed by atoms with E-state index in [0.29, 0.717) is 23.9 Å². The van der Waals surface area contributed by atoms with Gasteiger partial charge in [-0.15, -0.1) is 22.6 Å². The Morgan fingerprint density at radius 2 is 1.96 bits per heavy atom. The molecule has 5 nitrogen and oxygen atoms in total. The first-order valence-corrected chi connectivity index (χ1v) is 8.42. The maximum Gasteiger partial charge on any atom is 0.226 e. The van der Waals surface area contributed by atoms with E-state index < -0.39 is 0 Å². The molecule has 1 heterocycles. The number of aryl methyl sites for hydroxylation is 1. The summed E-state index contributed by atoms with van der Waals surface area (Å²) >= 11 is 1.46. The molecule has 0 aliphatic carbocycles. The predicted molar refractivity (Wildman–Crippen MR) is 98.3 cm³/mol. The number of aromatic nitrogens is 2. The summed E-state index contributed by atoms with van der Waals surface area (Å²) < 4.78 is 0. The first kappa shape index (κ1) is 19.4. The minimum atomic E-state index is -0.0597. The Hall–Kier alpha value is -1.66. The van der Waals surface area contributed by atoms with E-state index >= 15 is 0 Å². The normalized spacial score (nSPS) is 10.4. The molecule has 1 amide bonds. The van der Waals surface area contributed by atoms with Crippen LogP contribution in [0.5, 0.6) is 0 Å². The van der Waals surface area contributed by atoms with Crippen LogP contribution in [0, 0.1) is 0 Å². The maximum atomic E-state index is 12.0. The lowest BCUT2D eigenvalue weighted by molar-refractivity contribution is -0.116. The van der Waals surface area contributed by atoms with Crippen LogP contribution in [0.3, 0.4) is 0 Å².